The average molecular weight is 789 g/mol. The third kappa shape index (κ3) is 8.73. The Hall–Kier alpha value is -6.10. The Morgan fingerprint density at radius 2 is 1.43 bits per heavy atom. The number of piperidine rings is 1. The number of ether oxygens (including phenoxy) is 2. The van der Waals surface area contributed by atoms with Crippen LogP contribution >= 0.6 is 0 Å². The second kappa shape index (κ2) is 17.6. The second-order valence-corrected chi connectivity index (χ2v) is 16.0. The van der Waals surface area contributed by atoms with Gasteiger partial charge in [0.25, 0.3) is 0 Å². The number of carbonyl (C=O) groups is 4. The van der Waals surface area contributed by atoms with Crippen LogP contribution in [0.4, 0.5) is 9.59 Å². The highest BCUT2D eigenvalue weighted by atomic mass is 16.5. The number of benzene rings is 2. The van der Waals surface area contributed by atoms with Crippen molar-refractivity contribution in [3.63, 3.8) is 0 Å². The molecular formula is C44H52N8O6. The third-order valence-corrected chi connectivity index (χ3v) is 11.6. The van der Waals surface area contributed by atoms with Crippen LogP contribution in [0, 0.1) is 29.6 Å². The zero-order valence-electron chi connectivity index (χ0n) is 33.7. The Morgan fingerprint density at radius 3 is 2.03 bits per heavy atom. The van der Waals surface area contributed by atoms with Gasteiger partial charge in [-0.3, -0.25) is 9.59 Å². The van der Waals surface area contributed by atoms with Gasteiger partial charge in [0.05, 0.1) is 50.1 Å². The number of likely N-dealkylation sites (tertiary alicyclic amines) is 2. The van der Waals surface area contributed by atoms with Gasteiger partial charge in [0.15, 0.2) is 0 Å². The number of alkyl carbamates (subject to hydrolysis) is 2. The van der Waals surface area contributed by atoms with E-state index in [2.05, 4.69) is 42.2 Å². The van der Waals surface area contributed by atoms with Gasteiger partial charge >= 0.3 is 12.2 Å². The molecule has 6 unspecified atom stereocenters. The Kier molecular flexibility index (Phi) is 12.2. The summed E-state index contributed by atoms with van der Waals surface area (Å²) in [4.78, 5) is 70.7. The summed E-state index contributed by atoms with van der Waals surface area (Å²) in [5.41, 5.74) is 5.42. The van der Waals surface area contributed by atoms with Crippen molar-refractivity contribution in [2.75, 3.05) is 27.3 Å². The summed E-state index contributed by atoms with van der Waals surface area (Å²) in [7, 11) is 2.62. The van der Waals surface area contributed by atoms with E-state index in [9.17, 15) is 19.2 Å². The molecule has 0 spiro atoms. The SMILES string of the molecule is COC(=O)NCC(C)CC(=O)N1C2CCC(C2)C1c1ncc(-c2ccc(C#Cc3ccc(-c4cnc(C5CCCN5C(=O)C(NC(=O)OC)C(C)C)[nH]4)cc3)cc2)[nH]1. The molecule has 2 bridgehead atoms. The molecule has 7 rings (SSSR count). The predicted octanol–water partition coefficient (Wildman–Crippen LogP) is 6.34. The first-order valence-corrected chi connectivity index (χ1v) is 20.1. The first-order valence-electron chi connectivity index (χ1n) is 20.1. The molecule has 1 aliphatic carbocycles. The largest absolute Gasteiger partial charge is 0.453 e. The van der Waals surface area contributed by atoms with Crippen LogP contribution in [0.15, 0.2) is 60.9 Å². The van der Waals surface area contributed by atoms with Gasteiger partial charge < -0.3 is 39.9 Å². The van der Waals surface area contributed by atoms with Gasteiger partial charge in [0.1, 0.15) is 17.7 Å². The number of fused-ring (bicyclic) bond motifs is 2. The van der Waals surface area contributed by atoms with Crippen LogP contribution in [0.25, 0.3) is 22.5 Å². The fourth-order valence-electron chi connectivity index (χ4n) is 8.59. The van der Waals surface area contributed by atoms with Gasteiger partial charge in [-0.1, -0.05) is 56.9 Å². The highest BCUT2D eigenvalue weighted by Gasteiger charge is 2.49. The molecule has 58 heavy (non-hydrogen) atoms. The molecule has 2 aliphatic heterocycles. The molecule has 6 atom stereocenters. The van der Waals surface area contributed by atoms with Gasteiger partial charge in [-0.25, -0.2) is 19.6 Å². The van der Waals surface area contributed by atoms with Crippen LogP contribution in [-0.4, -0.2) is 93.1 Å². The second-order valence-electron chi connectivity index (χ2n) is 16.0. The number of imidazole rings is 2. The minimum atomic E-state index is -0.687. The summed E-state index contributed by atoms with van der Waals surface area (Å²) >= 11 is 0. The third-order valence-electron chi connectivity index (χ3n) is 11.6. The molecule has 4 amide bonds. The maximum absolute atomic E-state index is 13.5. The number of amides is 4. The van der Waals surface area contributed by atoms with Crippen molar-refractivity contribution >= 4 is 24.0 Å². The van der Waals surface area contributed by atoms with Gasteiger partial charge in [-0.15, -0.1) is 0 Å². The number of hydrogen-bond acceptors (Lipinski definition) is 8. The van der Waals surface area contributed by atoms with E-state index in [1.54, 1.807) is 11.1 Å². The van der Waals surface area contributed by atoms with Crippen LogP contribution < -0.4 is 10.6 Å². The minimum Gasteiger partial charge on any atom is -0.453 e. The van der Waals surface area contributed by atoms with Crippen molar-refractivity contribution in [1.82, 2.24) is 40.4 Å². The summed E-state index contributed by atoms with van der Waals surface area (Å²) < 4.78 is 9.41. The lowest BCUT2D eigenvalue weighted by Gasteiger charge is -2.35. The number of methoxy groups -OCH3 is 2. The average Bonchev–Trinajstić information content (AvgIpc) is 4.09. The molecule has 1 saturated carbocycles. The van der Waals surface area contributed by atoms with Gasteiger partial charge in [-0.05, 0) is 85.3 Å². The molecule has 2 saturated heterocycles. The Labute approximate surface area is 338 Å². The quantitative estimate of drug-likeness (QED) is 0.127. The predicted molar refractivity (Wildman–Crippen MR) is 217 cm³/mol. The molecular weight excluding hydrogens is 737 g/mol. The molecule has 4 N–H and O–H groups in total. The molecule has 3 aliphatic rings. The number of rotatable bonds is 11. The van der Waals surface area contributed by atoms with Crippen molar-refractivity contribution in [2.24, 2.45) is 17.8 Å². The fourth-order valence-corrected chi connectivity index (χ4v) is 8.59. The lowest BCUT2D eigenvalue weighted by Crippen LogP contribution is -2.51. The van der Waals surface area contributed by atoms with E-state index in [4.69, 9.17) is 9.72 Å². The first-order chi connectivity index (χ1) is 28.0. The molecule has 14 nitrogen and oxygen atoms in total. The summed E-state index contributed by atoms with van der Waals surface area (Å²) in [6.45, 7) is 6.73. The van der Waals surface area contributed by atoms with Crippen molar-refractivity contribution < 1.29 is 28.7 Å². The minimum absolute atomic E-state index is 0.0198. The highest BCUT2D eigenvalue weighted by Crippen LogP contribution is 2.50. The van der Waals surface area contributed by atoms with Crippen LogP contribution in [0.2, 0.25) is 0 Å². The lowest BCUT2D eigenvalue weighted by atomic mass is 9.97. The number of nitrogens with zero attached hydrogens (tertiary/aromatic N) is 4. The van der Waals surface area contributed by atoms with Crippen molar-refractivity contribution in [2.45, 2.75) is 83.5 Å². The maximum Gasteiger partial charge on any atom is 0.407 e. The molecule has 2 aromatic heterocycles. The summed E-state index contributed by atoms with van der Waals surface area (Å²) in [5.74, 6) is 8.27. The number of H-pyrrole nitrogens is 2. The number of carbonyl (C=O) groups excluding carboxylic acids is 4. The Morgan fingerprint density at radius 1 is 0.828 bits per heavy atom. The van der Waals surface area contributed by atoms with E-state index in [1.807, 2.05) is 80.4 Å². The van der Waals surface area contributed by atoms with Crippen LogP contribution in [0.5, 0.6) is 0 Å². The zero-order valence-corrected chi connectivity index (χ0v) is 33.7. The van der Waals surface area contributed by atoms with E-state index in [0.717, 1.165) is 77.4 Å². The topological polar surface area (TPSA) is 175 Å². The standard InChI is InChI=1S/C44H52N8O6/c1-26(2)38(50-44(56)58-5)42(54)51-20-6-7-36(51)40-45-24-34(48-40)30-14-10-28(11-15-30)8-9-29-12-16-31(17-13-29)35-25-46-41(49-35)39-32-18-19-33(22-32)52(39)37(53)21-27(3)23-47-43(55)57-4/h10-17,24-27,32-33,36,38-39H,6-7,18-23H2,1-5H3,(H,45,48)(H,46,49)(H,47,55)(H,50,56). The van der Waals surface area contributed by atoms with Crippen molar-refractivity contribution in [3.05, 3.63) is 83.7 Å². The Balaban J connectivity index is 0.965. The van der Waals surface area contributed by atoms with E-state index in [0.29, 0.717) is 25.4 Å². The van der Waals surface area contributed by atoms with Crippen molar-refractivity contribution in [1.29, 1.82) is 0 Å². The summed E-state index contributed by atoms with van der Waals surface area (Å²) in [6, 6.07) is 15.2. The van der Waals surface area contributed by atoms with Gasteiger partial charge in [0.2, 0.25) is 11.8 Å². The van der Waals surface area contributed by atoms with Crippen LogP contribution in [0.1, 0.15) is 94.2 Å². The smallest absolute Gasteiger partial charge is 0.407 e. The molecule has 3 fully saturated rings. The van der Waals surface area contributed by atoms with E-state index < -0.39 is 18.2 Å². The van der Waals surface area contributed by atoms with Crippen molar-refractivity contribution in [3.8, 4) is 34.4 Å². The van der Waals surface area contributed by atoms with E-state index in [-0.39, 0.29) is 41.8 Å². The van der Waals surface area contributed by atoms with E-state index >= 15 is 0 Å². The molecule has 304 valence electrons. The normalized spacial score (nSPS) is 20.7. The maximum atomic E-state index is 13.5. The summed E-state index contributed by atoms with van der Waals surface area (Å²) in [5, 5.41) is 5.39. The highest BCUT2D eigenvalue weighted by molar-refractivity contribution is 5.86. The monoisotopic (exact) mass is 788 g/mol. The summed E-state index contributed by atoms with van der Waals surface area (Å²) in [6.07, 6.45) is 7.57. The molecule has 2 aromatic carbocycles. The number of aromatic nitrogens is 4. The number of nitrogens with one attached hydrogen (secondary N) is 4. The molecule has 0 radical (unpaired) electrons. The fraction of sp³-hybridized carbons (Fsp3) is 0.455. The van der Waals surface area contributed by atoms with E-state index in [1.165, 1.54) is 14.2 Å². The van der Waals surface area contributed by atoms with Gasteiger partial charge in [0, 0.05) is 36.7 Å². The van der Waals surface area contributed by atoms with Crippen LogP contribution in [-0.2, 0) is 19.1 Å². The molecule has 4 aromatic rings. The molecule has 4 heterocycles. The molecule has 14 heteroatoms. The lowest BCUT2D eigenvalue weighted by molar-refractivity contribution is -0.137. The zero-order chi connectivity index (χ0) is 40.9. The van der Waals surface area contributed by atoms with Gasteiger partial charge in [-0.2, -0.15) is 0 Å². The number of hydrogen-bond donors (Lipinski definition) is 4. The van der Waals surface area contributed by atoms with Crippen LogP contribution in [0.3, 0.4) is 0 Å². The number of aromatic amines is 2. The first kappa shape index (κ1) is 40.1. The Bertz CT molecular complexity index is 2170.